The molecule has 0 atom stereocenters. The Hall–Kier alpha value is -1.64. The molecule has 0 bridgehead atoms. The molecule has 1 amide bonds. The second kappa shape index (κ2) is 10.1. The minimum atomic E-state index is -3.30. The largest absolute Gasteiger partial charge is 0.384 e. The van der Waals surface area contributed by atoms with E-state index in [1.165, 1.54) is 11.4 Å². The number of rotatable bonds is 9. The van der Waals surface area contributed by atoms with E-state index in [2.05, 4.69) is 24.1 Å². The lowest BCUT2D eigenvalue weighted by molar-refractivity contribution is -0.120. The Morgan fingerprint density at radius 3 is 2.30 bits per heavy atom. The normalized spacial score (nSPS) is 16.3. The van der Waals surface area contributed by atoms with Gasteiger partial charge in [0.15, 0.2) is 0 Å². The number of carbonyl (C=O) groups excluding carboxylic acids is 1. The minimum Gasteiger partial charge on any atom is -0.384 e. The highest BCUT2D eigenvalue weighted by Gasteiger charge is 2.30. The van der Waals surface area contributed by atoms with Gasteiger partial charge < -0.3 is 15.0 Å². The SMILES string of the molecule is CCN(CC)c1ccc(NC(=O)C2CCN(S(=O)(=O)CCOC)CC2)cc1. The van der Waals surface area contributed by atoms with Crippen LogP contribution < -0.4 is 10.2 Å². The summed E-state index contributed by atoms with van der Waals surface area (Å²) in [5.41, 5.74) is 1.90. The fourth-order valence-corrected chi connectivity index (χ4v) is 4.71. The van der Waals surface area contributed by atoms with E-state index in [1.54, 1.807) is 0 Å². The number of nitrogens with zero attached hydrogens (tertiary/aromatic N) is 2. The molecule has 0 aliphatic carbocycles. The molecule has 0 aromatic heterocycles. The number of anilines is 2. The van der Waals surface area contributed by atoms with Crippen molar-refractivity contribution < 1.29 is 17.9 Å². The Morgan fingerprint density at radius 1 is 1.19 bits per heavy atom. The summed E-state index contributed by atoms with van der Waals surface area (Å²) in [6.07, 6.45) is 1.07. The number of piperidine rings is 1. The Bertz CT molecular complexity index is 694. The predicted molar refractivity (Wildman–Crippen MR) is 109 cm³/mol. The third-order valence-corrected chi connectivity index (χ3v) is 6.86. The Balaban J connectivity index is 1.87. The van der Waals surface area contributed by atoms with E-state index in [0.717, 1.165) is 24.5 Å². The Kier molecular flexibility index (Phi) is 8.07. The number of ether oxygens (including phenoxy) is 1. The molecule has 0 saturated carbocycles. The van der Waals surface area contributed by atoms with Gasteiger partial charge in [-0.2, -0.15) is 0 Å². The molecule has 1 N–H and O–H groups in total. The van der Waals surface area contributed by atoms with Crippen molar-refractivity contribution in [2.75, 3.05) is 55.9 Å². The molecule has 1 heterocycles. The summed E-state index contributed by atoms with van der Waals surface area (Å²) in [6.45, 7) is 7.05. The summed E-state index contributed by atoms with van der Waals surface area (Å²) >= 11 is 0. The second-order valence-electron chi connectivity index (χ2n) is 6.69. The number of hydrogen-bond acceptors (Lipinski definition) is 5. The number of benzene rings is 1. The van der Waals surface area contributed by atoms with E-state index in [4.69, 9.17) is 4.74 Å². The fourth-order valence-electron chi connectivity index (χ4n) is 3.30. The van der Waals surface area contributed by atoms with E-state index in [1.807, 2.05) is 24.3 Å². The van der Waals surface area contributed by atoms with Gasteiger partial charge >= 0.3 is 0 Å². The standard InChI is InChI=1S/C19H31N3O4S/c1-4-21(5-2)18-8-6-17(7-9-18)20-19(23)16-10-12-22(13-11-16)27(24,25)15-14-26-3/h6-9,16H,4-5,10-15H2,1-3H3,(H,20,23). The van der Waals surface area contributed by atoms with Gasteiger partial charge in [0.2, 0.25) is 15.9 Å². The summed E-state index contributed by atoms with van der Waals surface area (Å²) in [7, 11) is -1.81. The van der Waals surface area contributed by atoms with Crippen molar-refractivity contribution in [3.05, 3.63) is 24.3 Å². The minimum absolute atomic E-state index is 0.0146. The highest BCUT2D eigenvalue weighted by molar-refractivity contribution is 7.89. The molecule has 1 aromatic carbocycles. The van der Waals surface area contributed by atoms with Crippen LogP contribution in [0.1, 0.15) is 26.7 Å². The molecule has 0 spiro atoms. The summed E-state index contributed by atoms with van der Waals surface area (Å²) in [6, 6.07) is 7.84. The van der Waals surface area contributed by atoms with Gasteiger partial charge in [-0.05, 0) is 51.0 Å². The zero-order valence-electron chi connectivity index (χ0n) is 16.5. The summed E-state index contributed by atoms with van der Waals surface area (Å²) < 4.78 is 30.7. The molecule has 1 aliphatic rings. The van der Waals surface area contributed by atoms with Crippen LogP contribution in [0.15, 0.2) is 24.3 Å². The van der Waals surface area contributed by atoms with E-state index in [-0.39, 0.29) is 24.2 Å². The van der Waals surface area contributed by atoms with Gasteiger partial charge in [0.1, 0.15) is 0 Å². The first-order chi connectivity index (χ1) is 12.9. The lowest BCUT2D eigenvalue weighted by atomic mass is 9.97. The first kappa shape index (κ1) is 21.7. The molecule has 1 fully saturated rings. The predicted octanol–water partition coefficient (Wildman–Crippen LogP) is 2.16. The number of amides is 1. The topological polar surface area (TPSA) is 79.0 Å². The first-order valence-electron chi connectivity index (χ1n) is 9.53. The van der Waals surface area contributed by atoms with Crippen molar-refractivity contribution in [2.45, 2.75) is 26.7 Å². The average Bonchev–Trinajstić information content (AvgIpc) is 2.68. The third kappa shape index (κ3) is 5.92. The van der Waals surface area contributed by atoms with E-state index in [9.17, 15) is 13.2 Å². The first-order valence-corrected chi connectivity index (χ1v) is 11.1. The number of sulfonamides is 1. The smallest absolute Gasteiger partial charge is 0.227 e. The maximum Gasteiger partial charge on any atom is 0.227 e. The van der Waals surface area contributed by atoms with Crippen LogP contribution in [0, 0.1) is 5.92 Å². The fraction of sp³-hybridized carbons (Fsp3) is 0.632. The molecule has 1 aliphatic heterocycles. The summed E-state index contributed by atoms with van der Waals surface area (Å²) in [4.78, 5) is 14.8. The molecule has 0 radical (unpaired) electrons. The van der Waals surface area contributed by atoms with Crippen LogP contribution in [0.25, 0.3) is 0 Å². The quantitative estimate of drug-likeness (QED) is 0.691. The van der Waals surface area contributed by atoms with Crippen molar-refractivity contribution in [2.24, 2.45) is 5.92 Å². The van der Waals surface area contributed by atoms with Gasteiger partial charge in [0.05, 0.1) is 12.4 Å². The number of methoxy groups -OCH3 is 1. The van der Waals surface area contributed by atoms with Crippen LogP contribution >= 0.6 is 0 Å². The third-order valence-electron chi connectivity index (χ3n) is 5.03. The van der Waals surface area contributed by atoms with Gasteiger partial charge in [0, 0.05) is 50.6 Å². The molecule has 2 rings (SSSR count). The van der Waals surface area contributed by atoms with Crippen LogP contribution in [0.3, 0.4) is 0 Å². The van der Waals surface area contributed by atoms with E-state index >= 15 is 0 Å². The van der Waals surface area contributed by atoms with Crippen molar-refractivity contribution in [3.8, 4) is 0 Å². The van der Waals surface area contributed by atoms with Gasteiger partial charge in [-0.1, -0.05) is 0 Å². The molecule has 1 saturated heterocycles. The van der Waals surface area contributed by atoms with Gasteiger partial charge in [-0.25, -0.2) is 12.7 Å². The lowest BCUT2D eigenvalue weighted by Gasteiger charge is -2.30. The van der Waals surface area contributed by atoms with Gasteiger partial charge in [-0.15, -0.1) is 0 Å². The lowest BCUT2D eigenvalue weighted by Crippen LogP contribution is -2.42. The molecule has 0 unspecified atom stereocenters. The molecule has 152 valence electrons. The van der Waals surface area contributed by atoms with Crippen molar-refractivity contribution in [1.82, 2.24) is 4.31 Å². The van der Waals surface area contributed by atoms with Crippen LogP contribution in [-0.4, -0.2) is 64.3 Å². The number of hydrogen-bond donors (Lipinski definition) is 1. The van der Waals surface area contributed by atoms with Crippen LogP contribution in [0.2, 0.25) is 0 Å². The highest BCUT2D eigenvalue weighted by Crippen LogP contribution is 2.23. The summed E-state index contributed by atoms with van der Waals surface area (Å²) in [5, 5.41) is 2.96. The van der Waals surface area contributed by atoms with Crippen LogP contribution in [0.5, 0.6) is 0 Å². The molecule has 7 nitrogen and oxygen atoms in total. The zero-order valence-corrected chi connectivity index (χ0v) is 17.3. The van der Waals surface area contributed by atoms with Gasteiger partial charge in [-0.3, -0.25) is 4.79 Å². The maximum atomic E-state index is 12.5. The molecule has 1 aromatic rings. The van der Waals surface area contributed by atoms with Crippen molar-refractivity contribution >= 4 is 27.3 Å². The second-order valence-corrected chi connectivity index (χ2v) is 8.78. The van der Waals surface area contributed by atoms with Crippen LogP contribution in [-0.2, 0) is 19.6 Å². The average molecular weight is 398 g/mol. The Morgan fingerprint density at radius 2 is 1.78 bits per heavy atom. The molecular weight excluding hydrogens is 366 g/mol. The molecule has 27 heavy (non-hydrogen) atoms. The monoisotopic (exact) mass is 397 g/mol. The highest BCUT2D eigenvalue weighted by atomic mass is 32.2. The summed E-state index contributed by atoms with van der Waals surface area (Å²) in [5.74, 6) is -0.222. The van der Waals surface area contributed by atoms with E-state index < -0.39 is 10.0 Å². The van der Waals surface area contributed by atoms with Crippen molar-refractivity contribution in [1.29, 1.82) is 0 Å². The molecule has 8 heteroatoms. The number of carbonyl (C=O) groups is 1. The zero-order chi connectivity index (χ0) is 19.9. The number of nitrogens with one attached hydrogen (secondary N) is 1. The van der Waals surface area contributed by atoms with Gasteiger partial charge in [0.25, 0.3) is 0 Å². The Labute approximate surface area is 162 Å². The maximum absolute atomic E-state index is 12.5. The molecular formula is C19H31N3O4S. The van der Waals surface area contributed by atoms with Crippen molar-refractivity contribution in [3.63, 3.8) is 0 Å². The van der Waals surface area contributed by atoms with E-state index in [0.29, 0.717) is 25.9 Å². The van der Waals surface area contributed by atoms with Crippen LogP contribution in [0.4, 0.5) is 11.4 Å².